The van der Waals surface area contributed by atoms with Crippen molar-refractivity contribution in [1.82, 2.24) is 15.0 Å². The molecule has 0 radical (unpaired) electrons. The van der Waals surface area contributed by atoms with E-state index in [4.69, 9.17) is 19.0 Å². The fourth-order valence-corrected chi connectivity index (χ4v) is 7.67. The van der Waals surface area contributed by atoms with Crippen LogP contribution in [0.25, 0.3) is 11.3 Å². The Labute approximate surface area is 274 Å². The zero-order valence-corrected chi connectivity index (χ0v) is 28.0. The number of carbonyl (C=O) groups is 1. The molecule has 0 atom stereocenters. The number of unbranched alkanes of at least 4 members (excludes halogenated alkanes) is 1. The van der Waals surface area contributed by atoms with Crippen molar-refractivity contribution in [2.24, 2.45) is 4.99 Å². The molecule has 1 fully saturated rings. The van der Waals surface area contributed by atoms with Crippen LogP contribution in [0.15, 0.2) is 50.9 Å². The van der Waals surface area contributed by atoms with Crippen LogP contribution in [0.1, 0.15) is 74.3 Å². The van der Waals surface area contributed by atoms with Gasteiger partial charge in [0.25, 0.3) is 22.4 Å². The fourth-order valence-electron chi connectivity index (χ4n) is 6.14. The summed E-state index contributed by atoms with van der Waals surface area (Å²) in [4.78, 5) is 24.7. The topological polar surface area (TPSA) is 127 Å². The molecule has 1 aliphatic heterocycles. The average Bonchev–Trinajstić information content (AvgIpc) is 3.73. The zero-order chi connectivity index (χ0) is 33.8. The van der Waals surface area contributed by atoms with Crippen molar-refractivity contribution in [3.63, 3.8) is 0 Å². The molecular formula is C33H41F2N5O6S. The van der Waals surface area contributed by atoms with Crippen molar-refractivity contribution in [3.8, 4) is 11.3 Å². The summed E-state index contributed by atoms with van der Waals surface area (Å²) in [6.45, 7) is 4.33. The quantitative estimate of drug-likeness (QED) is 0.175. The van der Waals surface area contributed by atoms with E-state index in [2.05, 4.69) is 17.1 Å². The fraction of sp³-hybridized carbons (Fsp3) is 0.515. The van der Waals surface area contributed by atoms with E-state index < -0.39 is 28.6 Å². The van der Waals surface area contributed by atoms with E-state index in [0.717, 1.165) is 54.2 Å². The third kappa shape index (κ3) is 7.09. The maximum Gasteiger partial charge on any atom is 0.270 e. The Morgan fingerprint density at radius 2 is 1.94 bits per heavy atom. The lowest BCUT2D eigenvalue weighted by Crippen LogP contribution is -2.40. The number of amidine groups is 1. The number of rotatable bonds is 15. The summed E-state index contributed by atoms with van der Waals surface area (Å²) in [6, 6.07) is 8.15. The average molecular weight is 674 g/mol. The highest BCUT2D eigenvalue weighted by atomic mass is 32.2. The first-order valence-corrected chi connectivity index (χ1v) is 17.2. The molecule has 11 nitrogen and oxygen atoms in total. The molecule has 3 heterocycles. The van der Waals surface area contributed by atoms with Gasteiger partial charge in [-0.15, -0.1) is 0 Å². The molecule has 1 amide bonds. The number of aryl methyl sites for hydroxylation is 1. The highest BCUT2D eigenvalue weighted by Crippen LogP contribution is 2.41. The number of hydrogen-bond acceptors (Lipinski definition) is 9. The van der Waals surface area contributed by atoms with Gasteiger partial charge in [-0.2, -0.15) is 0 Å². The molecule has 0 bridgehead atoms. The van der Waals surface area contributed by atoms with Crippen molar-refractivity contribution in [2.45, 2.75) is 95.7 Å². The van der Waals surface area contributed by atoms with Crippen LogP contribution in [0, 0.1) is 13.8 Å². The van der Waals surface area contributed by atoms with Gasteiger partial charge in [0.2, 0.25) is 5.88 Å². The van der Waals surface area contributed by atoms with Gasteiger partial charge < -0.3 is 14.0 Å². The predicted molar refractivity (Wildman–Crippen MR) is 172 cm³/mol. The number of ether oxygens (including phenoxy) is 2. The number of nitrogens with zero attached hydrogens (tertiary/aromatic N) is 5. The first-order chi connectivity index (χ1) is 22.5. The lowest BCUT2D eigenvalue weighted by Gasteiger charge is -2.24. The van der Waals surface area contributed by atoms with Crippen LogP contribution in [0.4, 0.5) is 14.7 Å². The number of sulfonamides is 1. The molecule has 3 aromatic rings. The Morgan fingerprint density at radius 3 is 2.60 bits per heavy atom. The largest absolute Gasteiger partial charge is 0.371 e. The first-order valence-electron chi connectivity index (χ1n) is 15.8. The van der Waals surface area contributed by atoms with E-state index in [-0.39, 0.29) is 42.3 Å². The summed E-state index contributed by atoms with van der Waals surface area (Å²) in [5.74, 6) is 0.772. The van der Waals surface area contributed by atoms with E-state index in [1.165, 1.54) is 25.4 Å². The number of methoxy groups -OCH3 is 1. The summed E-state index contributed by atoms with van der Waals surface area (Å²) in [7, 11) is -2.98. The number of amides is 1. The van der Waals surface area contributed by atoms with Gasteiger partial charge in [0.1, 0.15) is 29.6 Å². The van der Waals surface area contributed by atoms with Crippen LogP contribution in [0.3, 0.4) is 0 Å². The van der Waals surface area contributed by atoms with Crippen LogP contribution in [0.2, 0.25) is 0 Å². The second kappa shape index (κ2) is 14.6. The minimum atomic E-state index is -4.34. The molecule has 0 saturated heterocycles. The van der Waals surface area contributed by atoms with Gasteiger partial charge in [0.05, 0.1) is 24.5 Å². The summed E-state index contributed by atoms with van der Waals surface area (Å²) in [6.07, 6.45) is 4.68. The predicted octanol–water partition coefficient (Wildman–Crippen LogP) is 6.18. The van der Waals surface area contributed by atoms with Crippen molar-refractivity contribution in [3.05, 3.63) is 58.9 Å². The number of halogens is 2. The van der Waals surface area contributed by atoms with Gasteiger partial charge in [-0.1, -0.05) is 49.5 Å². The third-order valence-electron chi connectivity index (χ3n) is 8.69. The van der Waals surface area contributed by atoms with Crippen LogP contribution >= 0.6 is 0 Å². The summed E-state index contributed by atoms with van der Waals surface area (Å²) >= 11 is 0. The van der Waals surface area contributed by atoms with Crippen LogP contribution in [0.5, 0.6) is 0 Å². The third-order valence-corrected chi connectivity index (χ3v) is 10.4. The number of anilines is 1. The lowest BCUT2D eigenvalue weighted by molar-refractivity contribution is -0.131. The second-order valence-electron chi connectivity index (χ2n) is 12.0. The van der Waals surface area contributed by atoms with E-state index >= 15 is 0 Å². The highest BCUT2D eigenvalue weighted by Gasteiger charge is 2.49. The number of alkyl halides is 2. The normalized spacial score (nSPS) is 16.1. The SMILES string of the molecule is CCCCC1=NC2(CCCC2)C(=O)N1Cc1ccc(-c2ncccc2S(=O)(=O)N(COC)c2onc(C)c2C)c(COCC(F)F)c1. The van der Waals surface area contributed by atoms with Gasteiger partial charge in [-0.05, 0) is 56.4 Å². The van der Waals surface area contributed by atoms with Crippen molar-refractivity contribution < 1.29 is 36.0 Å². The molecule has 47 heavy (non-hydrogen) atoms. The van der Waals surface area contributed by atoms with Gasteiger partial charge in [-0.3, -0.25) is 19.7 Å². The molecule has 0 N–H and O–H groups in total. The van der Waals surface area contributed by atoms with Crippen LogP contribution in [-0.4, -0.2) is 67.6 Å². The number of carbonyl (C=O) groups excluding carboxylic acids is 1. The maximum absolute atomic E-state index is 14.2. The Balaban J connectivity index is 1.54. The van der Waals surface area contributed by atoms with E-state index in [9.17, 15) is 22.0 Å². The number of benzene rings is 1. The molecule has 5 rings (SSSR count). The molecule has 14 heteroatoms. The monoisotopic (exact) mass is 673 g/mol. The molecule has 254 valence electrons. The molecule has 1 aromatic carbocycles. The van der Waals surface area contributed by atoms with Crippen LogP contribution in [-0.2, 0) is 37.4 Å². The molecule has 1 saturated carbocycles. The van der Waals surface area contributed by atoms with E-state index in [1.807, 2.05) is 0 Å². The molecule has 2 aromatic heterocycles. The standard InChI is InChI=1S/C33H41F2N5O6S/c1-5-6-11-29-37-33(14-7-8-15-33)32(41)39(29)18-24-12-13-26(25(17-24)19-45-20-28(34)35)30-27(10-9-16-36-30)47(42,43)40(21-44-4)31-22(2)23(3)38-46-31/h9-10,12-13,16-17,28H,5-8,11,14-15,18-21H2,1-4H3. The lowest BCUT2D eigenvalue weighted by atomic mass is 9.97. The van der Waals surface area contributed by atoms with Gasteiger partial charge in [0, 0.05) is 30.9 Å². The molecule has 1 spiro atoms. The highest BCUT2D eigenvalue weighted by molar-refractivity contribution is 7.93. The summed E-state index contributed by atoms with van der Waals surface area (Å²) < 4.78 is 71.6. The summed E-state index contributed by atoms with van der Waals surface area (Å²) in [5, 5.41) is 3.90. The van der Waals surface area contributed by atoms with Gasteiger partial charge in [0.15, 0.2) is 0 Å². The molecule has 0 unspecified atom stereocenters. The smallest absolute Gasteiger partial charge is 0.270 e. The Bertz CT molecular complexity index is 1720. The number of aliphatic imine (C=N–C) groups is 1. The maximum atomic E-state index is 14.2. The molecular weight excluding hydrogens is 632 g/mol. The second-order valence-corrected chi connectivity index (χ2v) is 13.8. The first kappa shape index (κ1) is 34.6. The van der Waals surface area contributed by atoms with Crippen molar-refractivity contribution in [1.29, 1.82) is 0 Å². The number of hydrogen-bond donors (Lipinski definition) is 0. The Kier molecular flexibility index (Phi) is 10.7. The minimum Gasteiger partial charge on any atom is -0.371 e. The Morgan fingerprint density at radius 1 is 1.17 bits per heavy atom. The summed E-state index contributed by atoms with van der Waals surface area (Å²) in [5.41, 5.74) is 2.00. The number of aromatic nitrogens is 2. The number of pyridine rings is 1. The minimum absolute atomic E-state index is 0.00466. The molecule has 2 aliphatic rings. The van der Waals surface area contributed by atoms with Crippen molar-refractivity contribution >= 4 is 27.7 Å². The van der Waals surface area contributed by atoms with Crippen LogP contribution < -0.4 is 4.31 Å². The zero-order valence-electron chi connectivity index (χ0n) is 27.2. The van der Waals surface area contributed by atoms with E-state index in [1.54, 1.807) is 36.9 Å². The van der Waals surface area contributed by atoms with E-state index in [0.29, 0.717) is 28.8 Å². The van der Waals surface area contributed by atoms with Gasteiger partial charge >= 0.3 is 0 Å². The Hall–Kier alpha value is -3.75. The van der Waals surface area contributed by atoms with Crippen molar-refractivity contribution in [2.75, 3.05) is 24.8 Å². The van der Waals surface area contributed by atoms with Gasteiger partial charge in [-0.25, -0.2) is 21.5 Å². The molecule has 1 aliphatic carbocycles.